The van der Waals surface area contributed by atoms with Crippen LogP contribution in [-0.4, -0.2) is 43.4 Å². The standard InChI is InChI=1S/C25H33N3O2/c1-17(2)22(19-8-6-5-7-9-19)15-24(29)26-16-21(28(3)4)13-18-10-11-23-20(12-18)14-25(30)27-23/h5-12,17,21-22H,13-16H2,1-4H3,(H,26,29)(H,27,30)/t21-,22-/m0/s1. The Hall–Kier alpha value is -2.66. The molecule has 0 spiro atoms. The lowest BCUT2D eigenvalue weighted by Crippen LogP contribution is -2.42. The smallest absolute Gasteiger partial charge is 0.228 e. The Kier molecular flexibility index (Phi) is 7.27. The number of likely N-dealkylation sites (N-methyl/N-ethyl adjacent to an activating group) is 1. The molecule has 0 radical (unpaired) electrons. The predicted octanol–water partition coefficient (Wildman–Crippen LogP) is 3.60. The van der Waals surface area contributed by atoms with Crippen molar-refractivity contribution in [3.63, 3.8) is 0 Å². The summed E-state index contributed by atoms with van der Waals surface area (Å²) in [6.45, 7) is 4.93. The van der Waals surface area contributed by atoms with Crippen molar-refractivity contribution in [3.8, 4) is 0 Å². The van der Waals surface area contributed by atoms with Gasteiger partial charge in [0.2, 0.25) is 11.8 Å². The second-order valence-electron chi connectivity index (χ2n) is 8.81. The van der Waals surface area contributed by atoms with E-state index in [4.69, 9.17) is 0 Å². The van der Waals surface area contributed by atoms with E-state index in [0.29, 0.717) is 25.3 Å². The Morgan fingerprint density at radius 1 is 1.13 bits per heavy atom. The van der Waals surface area contributed by atoms with Crippen LogP contribution in [0.1, 0.15) is 42.9 Å². The van der Waals surface area contributed by atoms with Crippen LogP contribution in [0.4, 0.5) is 5.69 Å². The molecule has 1 heterocycles. The second kappa shape index (κ2) is 9.90. The molecule has 2 N–H and O–H groups in total. The van der Waals surface area contributed by atoms with Crippen molar-refractivity contribution in [1.82, 2.24) is 10.2 Å². The fourth-order valence-corrected chi connectivity index (χ4v) is 4.06. The summed E-state index contributed by atoms with van der Waals surface area (Å²) >= 11 is 0. The molecule has 0 saturated heterocycles. The van der Waals surface area contributed by atoms with Gasteiger partial charge in [-0.3, -0.25) is 9.59 Å². The molecule has 160 valence electrons. The molecule has 5 heteroatoms. The molecule has 0 aliphatic carbocycles. The van der Waals surface area contributed by atoms with Crippen molar-refractivity contribution in [2.75, 3.05) is 26.0 Å². The van der Waals surface area contributed by atoms with Crippen molar-refractivity contribution in [2.45, 2.75) is 45.1 Å². The average molecular weight is 408 g/mol. The minimum atomic E-state index is 0.0525. The predicted molar refractivity (Wildman–Crippen MR) is 122 cm³/mol. The van der Waals surface area contributed by atoms with Crippen molar-refractivity contribution >= 4 is 17.5 Å². The van der Waals surface area contributed by atoms with E-state index in [0.717, 1.165) is 17.7 Å². The largest absolute Gasteiger partial charge is 0.355 e. The fraction of sp³-hybridized carbons (Fsp3) is 0.440. The van der Waals surface area contributed by atoms with Crippen LogP contribution in [0.2, 0.25) is 0 Å². The average Bonchev–Trinajstić information content (AvgIpc) is 3.08. The van der Waals surface area contributed by atoms with Crippen LogP contribution in [0, 0.1) is 5.92 Å². The van der Waals surface area contributed by atoms with Gasteiger partial charge >= 0.3 is 0 Å². The van der Waals surface area contributed by atoms with Gasteiger partial charge in [-0.2, -0.15) is 0 Å². The lowest BCUT2D eigenvalue weighted by molar-refractivity contribution is -0.122. The Balaban J connectivity index is 1.58. The number of anilines is 1. The molecular weight excluding hydrogens is 374 g/mol. The Morgan fingerprint density at radius 2 is 1.87 bits per heavy atom. The van der Waals surface area contributed by atoms with E-state index in [1.54, 1.807) is 0 Å². The molecule has 2 amide bonds. The lowest BCUT2D eigenvalue weighted by Gasteiger charge is -2.26. The fourth-order valence-electron chi connectivity index (χ4n) is 4.06. The van der Waals surface area contributed by atoms with Crippen molar-refractivity contribution in [2.24, 2.45) is 5.92 Å². The van der Waals surface area contributed by atoms with E-state index in [1.807, 2.05) is 38.4 Å². The van der Waals surface area contributed by atoms with E-state index in [2.05, 4.69) is 53.6 Å². The summed E-state index contributed by atoms with van der Waals surface area (Å²) in [7, 11) is 4.08. The van der Waals surface area contributed by atoms with E-state index < -0.39 is 0 Å². The number of benzene rings is 2. The number of fused-ring (bicyclic) bond motifs is 1. The van der Waals surface area contributed by atoms with Gasteiger partial charge in [-0.05, 0) is 55.1 Å². The van der Waals surface area contributed by atoms with Gasteiger partial charge in [-0.15, -0.1) is 0 Å². The molecule has 1 aliphatic heterocycles. The molecule has 2 aromatic rings. The highest BCUT2D eigenvalue weighted by Gasteiger charge is 2.22. The van der Waals surface area contributed by atoms with Gasteiger partial charge in [0.05, 0.1) is 6.42 Å². The monoisotopic (exact) mass is 407 g/mol. The molecule has 0 fully saturated rings. The maximum absolute atomic E-state index is 12.7. The highest BCUT2D eigenvalue weighted by atomic mass is 16.2. The summed E-state index contributed by atoms with van der Waals surface area (Å²) in [4.78, 5) is 26.5. The summed E-state index contributed by atoms with van der Waals surface area (Å²) < 4.78 is 0. The number of hydrogen-bond acceptors (Lipinski definition) is 3. The quantitative estimate of drug-likeness (QED) is 0.668. The third kappa shape index (κ3) is 5.70. The SMILES string of the molecule is CC(C)[C@H](CC(=O)NC[C@H](Cc1ccc2c(c1)CC(=O)N2)N(C)C)c1ccccc1. The van der Waals surface area contributed by atoms with Gasteiger partial charge in [0.15, 0.2) is 0 Å². The molecule has 0 saturated carbocycles. The third-order valence-electron chi connectivity index (χ3n) is 5.97. The zero-order chi connectivity index (χ0) is 21.7. The highest BCUT2D eigenvalue weighted by molar-refractivity contribution is 5.99. The van der Waals surface area contributed by atoms with Crippen LogP contribution in [0.15, 0.2) is 48.5 Å². The summed E-state index contributed by atoms with van der Waals surface area (Å²) in [5, 5.41) is 6.03. The number of carbonyl (C=O) groups excluding carboxylic acids is 2. The maximum atomic E-state index is 12.7. The van der Waals surface area contributed by atoms with Gasteiger partial charge in [-0.1, -0.05) is 56.3 Å². The molecule has 0 bridgehead atoms. The summed E-state index contributed by atoms with van der Waals surface area (Å²) in [6.07, 6.45) is 1.76. The molecule has 5 nitrogen and oxygen atoms in total. The van der Waals surface area contributed by atoms with E-state index >= 15 is 0 Å². The van der Waals surface area contributed by atoms with Crippen LogP contribution in [0.3, 0.4) is 0 Å². The van der Waals surface area contributed by atoms with E-state index in [9.17, 15) is 9.59 Å². The number of nitrogens with zero attached hydrogens (tertiary/aromatic N) is 1. The number of amides is 2. The second-order valence-corrected chi connectivity index (χ2v) is 8.81. The Morgan fingerprint density at radius 3 is 2.53 bits per heavy atom. The van der Waals surface area contributed by atoms with Crippen LogP contribution in [-0.2, 0) is 22.4 Å². The lowest BCUT2D eigenvalue weighted by atomic mass is 9.85. The topological polar surface area (TPSA) is 61.4 Å². The Bertz CT molecular complexity index is 877. The number of hydrogen-bond donors (Lipinski definition) is 2. The summed E-state index contributed by atoms with van der Waals surface area (Å²) in [5.74, 6) is 0.751. The first kappa shape index (κ1) is 22.0. The zero-order valence-corrected chi connectivity index (χ0v) is 18.4. The Labute approximate surface area is 179 Å². The summed E-state index contributed by atoms with van der Waals surface area (Å²) in [5.41, 5.74) is 4.37. The third-order valence-corrected chi connectivity index (χ3v) is 5.97. The van der Waals surface area contributed by atoms with Gasteiger partial charge < -0.3 is 15.5 Å². The van der Waals surface area contributed by atoms with Gasteiger partial charge in [0, 0.05) is 24.7 Å². The molecule has 1 aliphatic rings. The first-order chi connectivity index (χ1) is 14.3. The van der Waals surface area contributed by atoms with E-state index in [-0.39, 0.29) is 23.8 Å². The molecular formula is C25H33N3O2. The zero-order valence-electron chi connectivity index (χ0n) is 18.4. The van der Waals surface area contributed by atoms with Crippen molar-refractivity contribution in [1.29, 1.82) is 0 Å². The van der Waals surface area contributed by atoms with Crippen LogP contribution in [0.25, 0.3) is 0 Å². The first-order valence-electron chi connectivity index (χ1n) is 10.7. The molecule has 3 rings (SSSR count). The first-order valence-corrected chi connectivity index (χ1v) is 10.7. The molecule has 0 aromatic heterocycles. The van der Waals surface area contributed by atoms with Crippen LogP contribution in [0.5, 0.6) is 0 Å². The molecule has 2 aromatic carbocycles. The molecule has 2 atom stereocenters. The van der Waals surface area contributed by atoms with Crippen LogP contribution >= 0.6 is 0 Å². The van der Waals surface area contributed by atoms with E-state index in [1.165, 1.54) is 11.1 Å². The van der Waals surface area contributed by atoms with Gasteiger partial charge in [0.25, 0.3) is 0 Å². The van der Waals surface area contributed by atoms with Gasteiger partial charge in [0.1, 0.15) is 0 Å². The minimum Gasteiger partial charge on any atom is -0.355 e. The minimum absolute atomic E-state index is 0.0525. The number of nitrogens with one attached hydrogen (secondary N) is 2. The van der Waals surface area contributed by atoms with Crippen LogP contribution < -0.4 is 10.6 Å². The maximum Gasteiger partial charge on any atom is 0.228 e. The number of carbonyl (C=O) groups is 2. The normalized spacial score (nSPS) is 15.1. The number of rotatable bonds is 9. The van der Waals surface area contributed by atoms with Crippen molar-refractivity contribution < 1.29 is 9.59 Å². The highest BCUT2D eigenvalue weighted by Crippen LogP contribution is 2.28. The molecule has 0 unspecified atom stereocenters. The summed E-state index contributed by atoms with van der Waals surface area (Å²) in [6, 6.07) is 16.6. The van der Waals surface area contributed by atoms with Gasteiger partial charge in [-0.25, -0.2) is 0 Å². The molecule has 30 heavy (non-hydrogen) atoms. The van der Waals surface area contributed by atoms with Crippen molar-refractivity contribution in [3.05, 3.63) is 65.2 Å².